The van der Waals surface area contributed by atoms with Crippen LogP contribution in [0.15, 0.2) is 6.20 Å². The van der Waals surface area contributed by atoms with E-state index in [-0.39, 0.29) is 0 Å². The second-order valence-corrected chi connectivity index (χ2v) is 4.11. The molecule has 5 nitrogen and oxygen atoms in total. The molecular formula is C10H18N4O. The fraction of sp³-hybridized carbons (Fsp3) is 0.800. The fourth-order valence-electron chi connectivity index (χ4n) is 1.86. The molecule has 1 fully saturated rings. The van der Waals surface area contributed by atoms with Gasteiger partial charge in [-0.05, 0) is 25.3 Å². The highest BCUT2D eigenvalue weighted by Crippen LogP contribution is 2.10. The van der Waals surface area contributed by atoms with Gasteiger partial charge in [-0.15, -0.1) is 5.10 Å². The molecule has 84 valence electrons. The molecule has 0 radical (unpaired) electrons. The Morgan fingerprint density at radius 2 is 2.60 bits per heavy atom. The number of aromatic nitrogens is 3. The first-order chi connectivity index (χ1) is 7.34. The van der Waals surface area contributed by atoms with Crippen molar-refractivity contribution in [3.63, 3.8) is 0 Å². The summed E-state index contributed by atoms with van der Waals surface area (Å²) in [5, 5.41) is 11.2. The SMILES string of the molecule is Cn1cc(COCC2CCCNC2)nn1. The maximum atomic E-state index is 5.62. The van der Waals surface area contributed by atoms with Crippen LogP contribution in [-0.4, -0.2) is 34.7 Å². The van der Waals surface area contributed by atoms with Gasteiger partial charge in [0.25, 0.3) is 0 Å². The summed E-state index contributed by atoms with van der Waals surface area (Å²) in [5.74, 6) is 0.662. The average molecular weight is 210 g/mol. The number of nitrogens with one attached hydrogen (secondary N) is 1. The number of aryl methyl sites for hydroxylation is 1. The van der Waals surface area contributed by atoms with Crippen LogP contribution in [0.1, 0.15) is 18.5 Å². The third kappa shape index (κ3) is 3.28. The van der Waals surface area contributed by atoms with E-state index in [9.17, 15) is 0 Å². The summed E-state index contributed by atoms with van der Waals surface area (Å²) in [6.07, 6.45) is 4.42. The third-order valence-electron chi connectivity index (χ3n) is 2.65. The Kier molecular flexibility index (Phi) is 3.69. The number of rotatable bonds is 4. The summed E-state index contributed by atoms with van der Waals surface area (Å²) < 4.78 is 7.31. The van der Waals surface area contributed by atoms with Gasteiger partial charge >= 0.3 is 0 Å². The van der Waals surface area contributed by atoms with E-state index in [0.29, 0.717) is 12.5 Å². The molecule has 0 saturated carbocycles. The van der Waals surface area contributed by atoms with Crippen molar-refractivity contribution >= 4 is 0 Å². The van der Waals surface area contributed by atoms with Gasteiger partial charge in [0.15, 0.2) is 0 Å². The standard InChI is InChI=1S/C10H18N4O/c1-14-6-10(12-13-14)8-15-7-9-3-2-4-11-5-9/h6,9,11H,2-5,7-8H2,1H3. The van der Waals surface area contributed by atoms with Crippen LogP contribution in [0.3, 0.4) is 0 Å². The maximum Gasteiger partial charge on any atom is 0.108 e. The molecule has 1 saturated heterocycles. The van der Waals surface area contributed by atoms with Crippen LogP contribution in [0.5, 0.6) is 0 Å². The van der Waals surface area contributed by atoms with Crippen LogP contribution in [0, 0.1) is 5.92 Å². The number of piperidine rings is 1. The zero-order chi connectivity index (χ0) is 10.5. The lowest BCUT2D eigenvalue weighted by molar-refractivity contribution is 0.0763. The first kappa shape index (κ1) is 10.6. The van der Waals surface area contributed by atoms with Crippen LogP contribution in [0.25, 0.3) is 0 Å². The Labute approximate surface area is 89.8 Å². The van der Waals surface area contributed by atoms with Crippen LogP contribution in [0.2, 0.25) is 0 Å². The van der Waals surface area contributed by atoms with Crippen molar-refractivity contribution in [2.24, 2.45) is 13.0 Å². The minimum absolute atomic E-state index is 0.574. The van der Waals surface area contributed by atoms with E-state index in [1.54, 1.807) is 4.68 Å². The van der Waals surface area contributed by atoms with Crippen molar-refractivity contribution < 1.29 is 4.74 Å². The summed E-state index contributed by atoms with van der Waals surface area (Å²) in [6, 6.07) is 0. The molecular weight excluding hydrogens is 192 g/mol. The number of nitrogens with zero attached hydrogens (tertiary/aromatic N) is 3. The molecule has 2 rings (SSSR count). The number of ether oxygens (including phenoxy) is 1. The topological polar surface area (TPSA) is 52.0 Å². The molecule has 1 atom stereocenters. The van der Waals surface area contributed by atoms with Crippen LogP contribution < -0.4 is 5.32 Å². The van der Waals surface area contributed by atoms with Gasteiger partial charge in [-0.2, -0.15) is 0 Å². The van der Waals surface area contributed by atoms with Crippen molar-refractivity contribution in [2.45, 2.75) is 19.4 Å². The minimum atomic E-state index is 0.574. The fourth-order valence-corrected chi connectivity index (χ4v) is 1.86. The molecule has 0 amide bonds. The van der Waals surface area contributed by atoms with Crippen molar-refractivity contribution in [1.82, 2.24) is 20.3 Å². The van der Waals surface area contributed by atoms with E-state index >= 15 is 0 Å². The molecule has 2 heterocycles. The normalized spacial score (nSPS) is 21.8. The lowest BCUT2D eigenvalue weighted by atomic mass is 10.0. The highest BCUT2D eigenvalue weighted by molar-refractivity contribution is 4.88. The molecule has 1 aromatic rings. The summed E-state index contributed by atoms with van der Waals surface area (Å²) >= 11 is 0. The van der Waals surface area contributed by atoms with Gasteiger partial charge < -0.3 is 10.1 Å². The zero-order valence-corrected chi connectivity index (χ0v) is 9.15. The second kappa shape index (κ2) is 5.23. The molecule has 0 aromatic carbocycles. The lowest BCUT2D eigenvalue weighted by Crippen LogP contribution is -2.32. The van der Waals surface area contributed by atoms with Gasteiger partial charge in [0, 0.05) is 13.6 Å². The van der Waals surface area contributed by atoms with Gasteiger partial charge in [0.05, 0.1) is 19.4 Å². The van der Waals surface area contributed by atoms with Crippen molar-refractivity contribution in [2.75, 3.05) is 19.7 Å². The molecule has 1 aliphatic rings. The minimum Gasteiger partial charge on any atom is -0.375 e. The van der Waals surface area contributed by atoms with E-state index in [4.69, 9.17) is 4.74 Å². The first-order valence-electron chi connectivity index (χ1n) is 5.48. The Morgan fingerprint density at radius 3 is 3.27 bits per heavy atom. The van der Waals surface area contributed by atoms with E-state index in [1.807, 2.05) is 13.2 Å². The molecule has 0 aliphatic carbocycles. The largest absolute Gasteiger partial charge is 0.375 e. The predicted octanol–water partition coefficient (Wildman–Crippen LogP) is 0.331. The van der Waals surface area contributed by atoms with E-state index in [0.717, 1.165) is 25.4 Å². The Morgan fingerprint density at radius 1 is 1.67 bits per heavy atom. The van der Waals surface area contributed by atoms with Gasteiger partial charge in [0.2, 0.25) is 0 Å². The van der Waals surface area contributed by atoms with Crippen molar-refractivity contribution in [3.05, 3.63) is 11.9 Å². The van der Waals surface area contributed by atoms with Crippen LogP contribution in [-0.2, 0) is 18.4 Å². The molecule has 1 N–H and O–H groups in total. The highest BCUT2D eigenvalue weighted by Gasteiger charge is 2.12. The van der Waals surface area contributed by atoms with Gasteiger partial charge in [0.1, 0.15) is 5.69 Å². The van der Waals surface area contributed by atoms with Gasteiger partial charge in [-0.1, -0.05) is 5.21 Å². The average Bonchev–Trinajstić information content (AvgIpc) is 2.66. The molecule has 0 spiro atoms. The van der Waals surface area contributed by atoms with E-state index < -0.39 is 0 Å². The molecule has 1 aromatic heterocycles. The summed E-state index contributed by atoms with van der Waals surface area (Å²) in [7, 11) is 1.86. The molecule has 15 heavy (non-hydrogen) atoms. The predicted molar refractivity (Wildman–Crippen MR) is 56.3 cm³/mol. The molecule has 1 aliphatic heterocycles. The van der Waals surface area contributed by atoms with Crippen LogP contribution >= 0.6 is 0 Å². The number of hydrogen-bond acceptors (Lipinski definition) is 4. The first-order valence-corrected chi connectivity index (χ1v) is 5.48. The molecule has 0 bridgehead atoms. The Balaban J connectivity index is 1.65. The Hall–Kier alpha value is -0.940. The Bertz CT molecular complexity index is 293. The summed E-state index contributed by atoms with van der Waals surface area (Å²) in [4.78, 5) is 0. The van der Waals surface area contributed by atoms with Crippen molar-refractivity contribution in [3.8, 4) is 0 Å². The maximum absolute atomic E-state index is 5.62. The lowest BCUT2D eigenvalue weighted by Gasteiger charge is -2.22. The van der Waals surface area contributed by atoms with Crippen molar-refractivity contribution in [1.29, 1.82) is 0 Å². The molecule has 1 unspecified atom stereocenters. The third-order valence-corrected chi connectivity index (χ3v) is 2.65. The van der Waals surface area contributed by atoms with Gasteiger partial charge in [-0.3, -0.25) is 4.68 Å². The zero-order valence-electron chi connectivity index (χ0n) is 9.15. The van der Waals surface area contributed by atoms with Gasteiger partial charge in [-0.25, -0.2) is 0 Å². The van der Waals surface area contributed by atoms with E-state index in [2.05, 4.69) is 15.6 Å². The van der Waals surface area contributed by atoms with E-state index in [1.165, 1.54) is 12.8 Å². The monoisotopic (exact) mass is 210 g/mol. The molecule has 5 heteroatoms. The summed E-state index contributed by atoms with van der Waals surface area (Å²) in [5.41, 5.74) is 0.904. The quantitative estimate of drug-likeness (QED) is 0.778. The number of hydrogen-bond donors (Lipinski definition) is 1. The smallest absolute Gasteiger partial charge is 0.108 e. The second-order valence-electron chi connectivity index (χ2n) is 4.11. The van der Waals surface area contributed by atoms with Crippen LogP contribution in [0.4, 0.5) is 0 Å². The summed E-state index contributed by atoms with van der Waals surface area (Å²) in [6.45, 7) is 3.63. The highest BCUT2D eigenvalue weighted by atomic mass is 16.5.